The molecule has 0 fully saturated rings. The maximum Gasteiger partial charge on any atom is 0.433 e. The van der Waals surface area contributed by atoms with Gasteiger partial charge in [0.25, 0.3) is 0 Å². The van der Waals surface area contributed by atoms with Crippen LogP contribution in [0.1, 0.15) is 11.4 Å². The lowest BCUT2D eigenvalue weighted by Crippen LogP contribution is -2.09. The van der Waals surface area contributed by atoms with Crippen molar-refractivity contribution in [3.8, 4) is 17.2 Å². The Labute approximate surface area is 174 Å². The first kappa shape index (κ1) is 20.3. The summed E-state index contributed by atoms with van der Waals surface area (Å²) in [6, 6.07) is 15.1. The van der Waals surface area contributed by atoms with Gasteiger partial charge in [-0.3, -0.25) is 4.98 Å². The van der Waals surface area contributed by atoms with Gasteiger partial charge in [-0.25, -0.2) is 9.07 Å². The van der Waals surface area contributed by atoms with E-state index in [1.54, 1.807) is 42.6 Å². The van der Waals surface area contributed by atoms with Gasteiger partial charge in [-0.1, -0.05) is 11.3 Å². The standard InChI is InChI=1S/C21H15F4N5O/c22-14-2-1-3-19(10-14)31-18-6-4-17(5-7-18)30-13-16(28-29-30)12-27-15-8-9-26-20(11-15)21(23,24)25/h1-11,13H,12H2,(H,26,27). The fourth-order valence-electron chi connectivity index (χ4n) is 2.73. The minimum atomic E-state index is -4.51. The van der Waals surface area contributed by atoms with Crippen molar-refractivity contribution in [2.24, 2.45) is 0 Å². The summed E-state index contributed by atoms with van der Waals surface area (Å²) in [7, 11) is 0. The van der Waals surface area contributed by atoms with E-state index in [9.17, 15) is 17.6 Å². The monoisotopic (exact) mass is 429 g/mol. The maximum atomic E-state index is 13.2. The minimum Gasteiger partial charge on any atom is -0.457 e. The molecule has 10 heteroatoms. The zero-order valence-electron chi connectivity index (χ0n) is 15.8. The zero-order chi connectivity index (χ0) is 21.8. The van der Waals surface area contributed by atoms with Crippen LogP contribution in [0.3, 0.4) is 0 Å². The first-order chi connectivity index (χ1) is 14.9. The molecule has 4 rings (SSSR count). The number of aromatic nitrogens is 4. The third-order valence-corrected chi connectivity index (χ3v) is 4.20. The molecule has 0 saturated carbocycles. The number of benzene rings is 2. The van der Waals surface area contributed by atoms with E-state index in [1.165, 1.54) is 22.9 Å². The third-order valence-electron chi connectivity index (χ3n) is 4.20. The normalized spacial score (nSPS) is 11.4. The molecular formula is C21H15F4N5O. The average molecular weight is 429 g/mol. The van der Waals surface area contributed by atoms with Crippen molar-refractivity contribution < 1.29 is 22.3 Å². The molecule has 6 nitrogen and oxygen atoms in total. The maximum absolute atomic E-state index is 13.2. The van der Waals surface area contributed by atoms with Crippen LogP contribution in [0.4, 0.5) is 23.2 Å². The Morgan fingerprint density at radius 3 is 2.52 bits per heavy atom. The van der Waals surface area contributed by atoms with Gasteiger partial charge in [0.05, 0.1) is 18.4 Å². The van der Waals surface area contributed by atoms with Gasteiger partial charge in [0.1, 0.15) is 28.7 Å². The molecule has 0 radical (unpaired) electrons. The second kappa shape index (κ2) is 8.42. The number of nitrogens with one attached hydrogen (secondary N) is 1. The third kappa shape index (κ3) is 5.16. The van der Waals surface area contributed by atoms with Gasteiger partial charge < -0.3 is 10.1 Å². The predicted octanol–water partition coefficient (Wildman–Crippen LogP) is 5.22. The largest absolute Gasteiger partial charge is 0.457 e. The van der Waals surface area contributed by atoms with Crippen molar-refractivity contribution in [3.05, 3.63) is 90.3 Å². The Bertz CT molecular complexity index is 1170. The number of anilines is 1. The lowest BCUT2D eigenvalue weighted by molar-refractivity contribution is -0.141. The number of rotatable bonds is 6. The van der Waals surface area contributed by atoms with Crippen LogP contribution in [-0.4, -0.2) is 20.0 Å². The Morgan fingerprint density at radius 1 is 0.968 bits per heavy atom. The summed E-state index contributed by atoms with van der Waals surface area (Å²) in [5.41, 5.74) is 0.538. The van der Waals surface area contributed by atoms with Crippen molar-refractivity contribution in [2.75, 3.05) is 5.32 Å². The number of pyridine rings is 1. The van der Waals surface area contributed by atoms with Crippen LogP contribution in [0, 0.1) is 5.82 Å². The van der Waals surface area contributed by atoms with E-state index in [0.717, 1.165) is 12.3 Å². The van der Waals surface area contributed by atoms with Crippen LogP contribution in [0.5, 0.6) is 11.5 Å². The van der Waals surface area contributed by atoms with Gasteiger partial charge in [-0.2, -0.15) is 13.2 Å². The lowest BCUT2D eigenvalue weighted by atomic mass is 10.3. The van der Waals surface area contributed by atoms with Crippen molar-refractivity contribution in [1.82, 2.24) is 20.0 Å². The summed E-state index contributed by atoms with van der Waals surface area (Å²) >= 11 is 0. The number of hydrogen-bond donors (Lipinski definition) is 1. The second-order valence-corrected chi connectivity index (χ2v) is 6.49. The number of ether oxygens (including phenoxy) is 1. The predicted molar refractivity (Wildman–Crippen MR) is 104 cm³/mol. The number of halogens is 4. The molecule has 0 spiro atoms. The van der Waals surface area contributed by atoms with Crippen LogP contribution in [-0.2, 0) is 12.7 Å². The molecule has 31 heavy (non-hydrogen) atoms. The summed E-state index contributed by atoms with van der Waals surface area (Å²) in [6.45, 7) is 0.183. The van der Waals surface area contributed by atoms with Crippen molar-refractivity contribution in [2.45, 2.75) is 12.7 Å². The molecule has 158 valence electrons. The Balaban J connectivity index is 1.39. The number of hydrogen-bond acceptors (Lipinski definition) is 5. The molecule has 0 aliphatic heterocycles. The highest BCUT2D eigenvalue weighted by Crippen LogP contribution is 2.29. The smallest absolute Gasteiger partial charge is 0.433 e. The van der Waals surface area contributed by atoms with E-state index in [1.807, 2.05) is 0 Å². The Kier molecular flexibility index (Phi) is 5.52. The topological polar surface area (TPSA) is 64.9 Å². The Morgan fingerprint density at radius 2 is 1.77 bits per heavy atom. The van der Waals surface area contributed by atoms with Crippen LogP contribution < -0.4 is 10.1 Å². The van der Waals surface area contributed by atoms with E-state index < -0.39 is 11.9 Å². The summed E-state index contributed by atoms with van der Waals surface area (Å²) < 4.78 is 58.6. The summed E-state index contributed by atoms with van der Waals surface area (Å²) in [5, 5.41) is 10.9. The molecule has 2 heterocycles. The van der Waals surface area contributed by atoms with Gasteiger partial charge >= 0.3 is 6.18 Å². The molecule has 0 amide bonds. The van der Waals surface area contributed by atoms with E-state index in [2.05, 4.69) is 20.6 Å². The SMILES string of the molecule is Fc1cccc(Oc2ccc(-n3cc(CNc4ccnc(C(F)(F)F)c4)nn3)cc2)c1. The van der Waals surface area contributed by atoms with Crippen molar-refractivity contribution in [3.63, 3.8) is 0 Å². The van der Waals surface area contributed by atoms with Crippen LogP contribution in [0.2, 0.25) is 0 Å². The molecule has 4 aromatic rings. The highest BCUT2D eigenvalue weighted by molar-refractivity contribution is 5.44. The van der Waals surface area contributed by atoms with Crippen molar-refractivity contribution in [1.29, 1.82) is 0 Å². The van der Waals surface area contributed by atoms with E-state index in [4.69, 9.17) is 4.74 Å². The zero-order valence-corrected chi connectivity index (χ0v) is 15.8. The molecular weight excluding hydrogens is 414 g/mol. The van der Waals surface area contributed by atoms with Crippen LogP contribution >= 0.6 is 0 Å². The lowest BCUT2D eigenvalue weighted by Gasteiger charge is -2.08. The van der Waals surface area contributed by atoms with Gasteiger partial charge in [0.2, 0.25) is 0 Å². The number of nitrogens with zero attached hydrogens (tertiary/aromatic N) is 4. The summed E-state index contributed by atoms with van der Waals surface area (Å²) in [6.07, 6.45) is -1.76. The second-order valence-electron chi connectivity index (χ2n) is 6.49. The van der Waals surface area contributed by atoms with Gasteiger partial charge in [0.15, 0.2) is 0 Å². The van der Waals surface area contributed by atoms with E-state index in [-0.39, 0.29) is 18.0 Å². The van der Waals surface area contributed by atoms with Gasteiger partial charge in [0, 0.05) is 18.0 Å². The van der Waals surface area contributed by atoms with E-state index >= 15 is 0 Å². The molecule has 0 saturated heterocycles. The molecule has 0 aliphatic rings. The van der Waals surface area contributed by atoms with Gasteiger partial charge in [-0.15, -0.1) is 5.10 Å². The summed E-state index contributed by atoms with van der Waals surface area (Å²) in [4.78, 5) is 3.32. The molecule has 1 N–H and O–H groups in total. The highest BCUT2D eigenvalue weighted by Gasteiger charge is 2.32. The molecule has 0 unspecified atom stereocenters. The van der Waals surface area contributed by atoms with Crippen LogP contribution in [0.25, 0.3) is 5.69 Å². The molecule has 2 aromatic carbocycles. The molecule has 2 aromatic heterocycles. The fraction of sp³-hybridized carbons (Fsp3) is 0.0952. The molecule has 0 bridgehead atoms. The average Bonchev–Trinajstić information content (AvgIpc) is 3.22. The quantitative estimate of drug-likeness (QED) is 0.426. The number of alkyl halides is 3. The summed E-state index contributed by atoms with van der Waals surface area (Å²) in [5.74, 6) is 0.514. The molecule has 0 atom stereocenters. The highest BCUT2D eigenvalue weighted by atomic mass is 19.4. The minimum absolute atomic E-state index is 0.183. The fourth-order valence-corrected chi connectivity index (χ4v) is 2.73. The van der Waals surface area contributed by atoms with Crippen molar-refractivity contribution >= 4 is 5.69 Å². The first-order valence-electron chi connectivity index (χ1n) is 9.09. The molecule has 0 aliphatic carbocycles. The van der Waals surface area contributed by atoms with E-state index in [0.29, 0.717) is 22.9 Å². The van der Waals surface area contributed by atoms with Gasteiger partial charge in [-0.05, 0) is 48.5 Å². The first-order valence-corrected chi connectivity index (χ1v) is 9.09. The Hall–Kier alpha value is -3.95. The van der Waals surface area contributed by atoms with Crippen LogP contribution in [0.15, 0.2) is 73.1 Å².